The predicted molar refractivity (Wildman–Crippen MR) is 71.6 cm³/mol. The van der Waals surface area contributed by atoms with Crippen LogP contribution in [0, 0.1) is 6.92 Å². The van der Waals surface area contributed by atoms with Crippen LogP contribution in [0.1, 0.15) is 27.2 Å². The van der Waals surface area contributed by atoms with Gasteiger partial charge in [0.1, 0.15) is 0 Å². The molecule has 0 fully saturated rings. The smallest absolute Gasteiger partial charge is 0.289 e. The van der Waals surface area contributed by atoms with Gasteiger partial charge >= 0.3 is 6.18 Å². The third-order valence-corrected chi connectivity index (χ3v) is 3.20. The third-order valence-electron chi connectivity index (χ3n) is 2.71. The summed E-state index contributed by atoms with van der Waals surface area (Å²) in [6.07, 6.45) is -3.31. The number of rotatable bonds is 2. The second-order valence-corrected chi connectivity index (χ2v) is 5.12. The van der Waals surface area contributed by atoms with Crippen molar-refractivity contribution in [3.63, 3.8) is 0 Å². The molecule has 104 valence electrons. The fourth-order valence-corrected chi connectivity index (χ4v) is 2.07. The lowest BCUT2D eigenvalue weighted by atomic mass is 9.99. The Bertz CT molecular complexity index is 650. The standard InChI is InChI=1S/C14H9BrF3NO/c1-8-2-3-9(7-19-8)13(20)11-5-4-10(15)6-12(11)14(16,17)18/h2-7H,1H3. The molecule has 1 heterocycles. The summed E-state index contributed by atoms with van der Waals surface area (Å²) < 4.78 is 39.2. The Morgan fingerprint density at radius 1 is 1.20 bits per heavy atom. The van der Waals surface area contributed by atoms with E-state index in [9.17, 15) is 18.0 Å². The molecule has 0 aliphatic rings. The minimum atomic E-state index is -4.59. The highest BCUT2D eigenvalue weighted by atomic mass is 79.9. The fourth-order valence-electron chi connectivity index (χ4n) is 1.71. The van der Waals surface area contributed by atoms with Gasteiger partial charge in [0.15, 0.2) is 5.78 Å². The van der Waals surface area contributed by atoms with Gasteiger partial charge in [-0.2, -0.15) is 13.2 Å². The van der Waals surface area contributed by atoms with E-state index in [1.807, 2.05) is 0 Å². The van der Waals surface area contributed by atoms with E-state index in [-0.39, 0.29) is 15.6 Å². The van der Waals surface area contributed by atoms with Gasteiger partial charge in [-0.05, 0) is 37.3 Å². The second kappa shape index (κ2) is 5.36. The Morgan fingerprint density at radius 2 is 1.90 bits per heavy atom. The van der Waals surface area contributed by atoms with Crippen molar-refractivity contribution in [3.05, 3.63) is 63.4 Å². The van der Waals surface area contributed by atoms with Gasteiger partial charge in [0.25, 0.3) is 0 Å². The lowest BCUT2D eigenvalue weighted by Gasteiger charge is -2.12. The molecule has 2 rings (SSSR count). The third kappa shape index (κ3) is 3.07. The van der Waals surface area contributed by atoms with Gasteiger partial charge in [-0.25, -0.2) is 0 Å². The van der Waals surface area contributed by atoms with Crippen LogP contribution in [0.5, 0.6) is 0 Å². The van der Waals surface area contributed by atoms with Gasteiger partial charge in [-0.3, -0.25) is 9.78 Å². The quantitative estimate of drug-likeness (QED) is 0.756. The van der Waals surface area contributed by atoms with Crippen molar-refractivity contribution in [2.45, 2.75) is 13.1 Å². The number of hydrogen-bond acceptors (Lipinski definition) is 2. The molecular formula is C14H9BrF3NO. The predicted octanol–water partition coefficient (Wildman–Crippen LogP) is 4.40. The first-order valence-corrected chi connectivity index (χ1v) is 6.42. The minimum Gasteiger partial charge on any atom is -0.289 e. The van der Waals surface area contributed by atoms with Crippen LogP contribution in [0.4, 0.5) is 13.2 Å². The van der Waals surface area contributed by atoms with Gasteiger partial charge in [0.05, 0.1) is 5.56 Å². The number of ketones is 1. The van der Waals surface area contributed by atoms with Crippen molar-refractivity contribution in [1.29, 1.82) is 0 Å². The number of carbonyl (C=O) groups is 1. The monoisotopic (exact) mass is 343 g/mol. The molecule has 20 heavy (non-hydrogen) atoms. The van der Waals surface area contributed by atoms with Crippen molar-refractivity contribution in [2.24, 2.45) is 0 Å². The van der Waals surface area contributed by atoms with E-state index in [1.54, 1.807) is 13.0 Å². The number of aryl methyl sites for hydroxylation is 1. The average molecular weight is 344 g/mol. The van der Waals surface area contributed by atoms with Crippen LogP contribution in [-0.4, -0.2) is 10.8 Å². The summed E-state index contributed by atoms with van der Waals surface area (Å²) in [6.45, 7) is 1.73. The zero-order valence-corrected chi connectivity index (χ0v) is 11.9. The Hall–Kier alpha value is -1.69. The van der Waals surface area contributed by atoms with Crippen LogP contribution >= 0.6 is 15.9 Å². The second-order valence-electron chi connectivity index (χ2n) is 4.21. The molecule has 0 unspecified atom stereocenters. The molecule has 2 aromatic rings. The van der Waals surface area contributed by atoms with Crippen molar-refractivity contribution in [3.8, 4) is 0 Å². The number of pyridine rings is 1. The summed E-state index contributed by atoms with van der Waals surface area (Å²) >= 11 is 2.98. The Labute approximate surface area is 121 Å². The molecule has 1 aromatic heterocycles. The Balaban J connectivity index is 2.52. The number of alkyl halides is 3. The number of carbonyl (C=O) groups excluding carboxylic acids is 1. The maximum atomic E-state index is 13.0. The highest BCUT2D eigenvalue weighted by molar-refractivity contribution is 9.10. The van der Waals surface area contributed by atoms with Crippen LogP contribution in [0.2, 0.25) is 0 Å². The zero-order valence-electron chi connectivity index (χ0n) is 10.3. The summed E-state index contributed by atoms with van der Waals surface area (Å²) in [6, 6.07) is 6.51. The largest absolute Gasteiger partial charge is 0.417 e. The molecule has 0 bridgehead atoms. The van der Waals surface area contributed by atoms with E-state index in [4.69, 9.17) is 0 Å². The molecule has 0 saturated carbocycles. The molecule has 0 radical (unpaired) electrons. The lowest BCUT2D eigenvalue weighted by molar-refractivity contribution is -0.137. The zero-order chi connectivity index (χ0) is 14.9. The van der Waals surface area contributed by atoms with Gasteiger partial charge in [0.2, 0.25) is 0 Å². The Kier molecular flexibility index (Phi) is 3.94. The van der Waals surface area contributed by atoms with Crippen molar-refractivity contribution in [2.75, 3.05) is 0 Å². The maximum absolute atomic E-state index is 13.0. The van der Waals surface area contributed by atoms with E-state index in [0.717, 1.165) is 12.1 Å². The molecule has 0 atom stereocenters. The molecule has 0 N–H and O–H groups in total. The van der Waals surface area contributed by atoms with E-state index >= 15 is 0 Å². The van der Waals surface area contributed by atoms with Gasteiger partial charge in [-0.15, -0.1) is 0 Å². The molecule has 0 spiro atoms. The number of halogens is 4. The molecule has 0 aliphatic heterocycles. The number of nitrogens with zero attached hydrogens (tertiary/aromatic N) is 1. The highest BCUT2D eigenvalue weighted by Gasteiger charge is 2.35. The number of hydrogen-bond donors (Lipinski definition) is 0. The molecular weight excluding hydrogens is 335 g/mol. The first-order valence-electron chi connectivity index (χ1n) is 5.63. The molecule has 6 heteroatoms. The minimum absolute atomic E-state index is 0.128. The highest BCUT2D eigenvalue weighted by Crippen LogP contribution is 2.34. The molecule has 2 nitrogen and oxygen atoms in total. The van der Waals surface area contributed by atoms with Gasteiger partial charge in [0, 0.05) is 27.5 Å². The van der Waals surface area contributed by atoms with E-state index in [2.05, 4.69) is 20.9 Å². The van der Waals surface area contributed by atoms with Crippen LogP contribution in [-0.2, 0) is 6.18 Å². The van der Waals surface area contributed by atoms with Gasteiger partial charge in [-0.1, -0.05) is 15.9 Å². The first kappa shape index (κ1) is 14.7. The lowest BCUT2D eigenvalue weighted by Crippen LogP contribution is -2.14. The van der Waals surface area contributed by atoms with E-state index in [0.29, 0.717) is 5.69 Å². The summed E-state index contributed by atoms with van der Waals surface area (Å²) in [5, 5.41) is 0. The van der Waals surface area contributed by atoms with Crippen LogP contribution in [0.15, 0.2) is 41.0 Å². The summed E-state index contributed by atoms with van der Waals surface area (Å²) in [7, 11) is 0. The summed E-state index contributed by atoms with van der Waals surface area (Å²) in [5.74, 6) is -0.697. The number of aromatic nitrogens is 1. The fraction of sp³-hybridized carbons (Fsp3) is 0.143. The first-order chi connectivity index (χ1) is 9.29. The Morgan fingerprint density at radius 3 is 2.45 bits per heavy atom. The van der Waals surface area contributed by atoms with Crippen molar-refractivity contribution < 1.29 is 18.0 Å². The topological polar surface area (TPSA) is 30.0 Å². The number of benzene rings is 1. The van der Waals surface area contributed by atoms with E-state index in [1.165, 1.54) is 18.3 Å². The molecule has 1 aromatic carbocycles. The molecule has 0 aliphatic carbocycles. The molecule has 0 saturated heterocycles. The van der Waals surface area contributed by atoms with Gasteiger partial charge < -0.3 is 0 Å². The molecule has 0 amide bonds. The van der Waals surface area contributed by atoms with E-state index < -0.39 is 17.5 Å². The normalized spacial score (nSPS) is 11.4. The maximum Gasteiger partial charge on any atom is 0.417 e. The SMILES string of the molecule is Cc1ccc(C(=O)c2ccc(Br)cc2C(F)(F)F)cn1. The average Bonchev–Trinajstić information content (AvgIpc) is 2.38. The summed E-state index contributed by atoms with van der Waals surface area (Å²) in [4.78, 5) is 16.1. The summed E-state index contributed by atoms with van der Waals surface area (Å²) in [5.41, 5.74) is -0.527. The van der Waals surface area contributed by atoms with Crippen LogP contribution in [0.3, 0.4) is 0 Å². The van der Waals surface area contributed by atoms with Crippen molar-refractivity contribution >= 4 is 21.7 Å². The van der Waals surface area contributed by atoms with Crippen LogP contribution < -0.4 is 0 Å². The van der Waals surface area contributed by atoms with Crippen molar-refractivity contribution in [1.82, 2.24) is 4.98 Å². The van der Waals surface area contributed by atoms with Crippen LogP contribution in [0.25, 0.3) is 0 Å².